The second kappa shape index (κ2) is 4.84. The normalized spacial score (nSPS) is 11.0. The molecule has 0 amide bonds. The molecule has 13 heavy (non-hydrogen) atoms. The number of rotatable bonds is 5. The number of hydrogen-bond acceptors (Lipinski definition) is 3. The van der Waals surface area contributed by atoms with Crippen LogP contribution in [0.2, 0.25) is 0 Å². The summed E-state index contributed by atoms with van der Waals surface area (Å²) in [5, 5.41) is 8.73. The Morgan fingerprint density at radius 1 is 1.38 bits per heavy atom. The first-order valence-electron chi connectivity index (χ1n) is 4.29. The summed E-state index contributed by atoms with van der Waals surface area (Å²) in [5.41, 5.74) is -0.854. The molecule has 0 heterocycles. The van der Waals surface area contributed by atoms with Gasteiger partial charge in [0.15, 0.2) is 0 Å². The minimum Gasteiger partial charge on any atom is -0.481 e. The predicted molar refractivity (Wildman–Crippen MR) is 47.3 cm³/mol. The fraction of sp³-hybridized carbons (Fsp3) is 0.778. The second-order valence-corrected chi connectivity index (χ2v) is 3.49. The predicted octanol–water partition coefficient (Wildman–Crippen LogP) is 1.44. The first kappa shape index (κ1) is 11.9. The van der Waals surface area contributed by atoms with Gasteiger partial charge in [0, 0.05) is 6.42 Å². The Balaban J connectivity index is 3.88. The van der Waals surface area contributed by atoms with E-state index in [1.807, 2.05) is 0 Å². The Morgan fingerprint density at radius 2 is 1.92 bits per heavy atom. The zero-order chi connectivity index (χ0) is 10.5. The van der Waals surface area contributed by atoms with E-state index in [4.69, 9.17) is 5.11 Å². The van der Waals surface area contributed by atoms with Gasteiger partial charge in [-0.3, -0.25) is 9.59 Å². The molecule has 0 aliphatic rings. The molecule has 76 valence electrons. The maximum atomic E-state index is 10.9. The van der Waals surface area contributed by atoms with E-state index in [1.165, 1.54) is 0 Å². The standard InChI is InChI=1S/C9H16O4/c1-4-13-7(10)5-6-9(2,3)8(11)12/h4-6H2,1-3H3,(H,11,12). The topological polar surface area (TPSA) is 63.6 Å². The van der Waals surface area contributed by atoms with E-state index in [1.54, 1.807) is 20.8 Å². The zero-order valence-corrected chi connectivity index (χ0v) is 8.29. The van der Waals surface area contributed by atoms with Gasteiger partial charge in [0.2, 0.25) is 0 Å². The van der Waals surface area contributed by atoms with Crippen molar-refractivity contribution < 1.29 is 19.4 Å². The number of carbonyl (C=O) groups excluding carboxylic acids is 1. The van der Waals surface area contributed by atoms with Gasteiger partial charge in [0.05, 0.1) is 12.0 Å². The third kappa shape index (κ3) is 4.50. The summed E-state index contributed by atoms with van der Waals surface area (Å²) in [4.78, 5) is 21.5. The fourth-order valence-corrected chi connectivity index (χ4v) is 0.755. The number of carboxylic acids is 1. The van der Waals surface area contributed by atoms with Crippen molar-refractivity contribution in [3.8, 4) is 0 Å². The number of ether oxygens (including phenoxy) is 1. The van der Waals surface area contributed by atoms with Gasteiger partial charge in [-0.15, -0.1) is 0 Å². The lowest BCUT2D eigenvalue weighted by atomic mass is 9.88. The van der Waals surface area contributed by atoms with Crippen LogP contribution in [0.15, 0.2) is 0 Å². The summed E-state index contributed by atoms with van der Waals surface area (Å²) in [6.45, 7) is 5.25. The lowest BCUT2D eigenvalue weighted by molar-refractivity contribution is -0.149. The molecule has 0 atom stereocenters. The molecule has 0 saturated carbocycles. The van der Waals surface area contributed by atoms with Crippen molar-refractivity contribution in [1.29, 1.82) is 0 Å². The Labute approximate surface area is 77.9 Å². The number of carboxylic acid groups (broad SMARTS) is 1. The molecule has 0 aromatic carbocycles. The first-order chi connectivity index (χ1) is 5.90. The number of carbonyl (C=O) groups is 2. The van der Waals surface area contributed by atoms with Gasteiger partial charge in [0.25, 0.3) is 0 Å². The van der Waals surface area contributed by atoms with Crippen molar-refractivity contribution in [2.45, 2.75) is 33.6 Å². The molecule has 0 aliphatic carbocycles. The van der Waals surface area contributed by atoms with Crippen LogP contribution in [0.4, 0.5) is 0 Å². The quantitative estimate of drug-likeness (QED) is 0.663. The Kier molecular flexibility index (Phi) is 4.45. The molecule has 0 saturated heterocycles. The molecule has 0 aromatic heterocycles. The summed E-state index contributed by atoms with van der Waals surface area (Å²) in [7, 11) is 0. The molecule has 0 bridgehead atoms. The van der Waals surface area contributed by atoms with E-state index in [0.717, 1.165) is 0 Å². The maximum Gasteiger partial charge on any atom is 0.309 e. The van der Waals surface area contributed by atoms with E-state index >= 15 is 0 Å². The number of hydrogen-bond donors (Lipinski definition) is 1. The van der Waals surface area contributed by atoms with Crippen molar-refractivity contribution >= 4 is 11.9 Å². The number of aliphatic carboxylic acids is 1. The molecule has 0 fully saturated rings. The summed E-state index contributed by atoms with van der Waals surface area (Å²) in [6, 6.07) is 0. The van der Waals surface area contributed by atoms with E-state index in [2.05, 4.69) is 4.74 Å². The van der Waals surface area contributed by atoms with Crippen LogP contribution in [-0.4, -0.2) is 23.7 Å². The van der Waals surface area contributed by atoms with Gasteiger partial charge in [-0.1, -0.05) is 0 Å². The monoisotopic (exact) mass is 188 g/mol. The van der Waals surface area contributed by atoms with Gasteiger partial charge in [0.1, 0.15) is 0 Å². The average Bonchev–Trinajstić information content (AvgIpc) is 2.01. The lowest BCUT2D eigenvalue weighted by Crippen LogP contribution is -2.24. The van der Waals surface area contributed by atoms with Gasteiger partial charge in [-0.2, -0.15) is 0 Å². The highest BCUT2D eigenvalue weighted by Crippen LogP contribution is 2.22. The second-order valence-electron chi connectivity index (χ2n) is 3.49. The summed E-state index contributed by atoms with van der Waals surface area (Å²) in [6.07, 6.45) is 0.467. The molecule has 0 aliphatic heterocycles. The first-order valence-corrected chi connectivity index (χ1v) is 4.29. The van der Waals surface area contributed by atoms with Crippen molar-refractivity contribution in [3.63, 3.8) is 0 Å². The molecule has 4 heteroatoms. The molecule has 0 spiro atoms. The van der Waals surface area contributed by atoms with Crippen LogP contribution in [0, 0.1) is 5.41 Å². The molecule has 1 N–H and O–H groups in total. The van der Waals surface area contributed by atoms with Crippen LogP contribution >= 0.6 is 0 Å². The van der Waals surface area contributed by atoms with Crippen LogP contribution < -0.4 is 0 Å². The van der Waals surface area contributed by atoms with E-state index in [9.17, 15) is 9.59 Å². The maximum absolute atomic E-state index is 10.9. The molecule has 0 aromatic rings. The number of esters is 1. The zero-order valence-electron chi connectivity index (χ0n) is 8.29. The average molecular weight is 188 g/mol. The largest absolute Gasteiger partial charge is 0.481 e. The van der Waals surface area contributed by atoms with Gasteiger partial charge < -0.3 is 9.84 Å². The Morgan fingerprint density at radius 3 is 2.31 bits per heavy atom. The minimum atomic E-state index is -0.892. The molecule has 0 radical (unpaired) electrons. The highest BCUT2D eigenvalue weighted by molar-refractivity contribution is 5.75. The van der Waals surface area contributed by atoms with Crippen molar-refractivity contribution in [2.75, 3.05) is 6.61 Å². The van der Waals surface area contributed by atoms with Crippen LogP contribution in [0.5, 0.6) is 0 Å². The van der Waals surface area contributed by atoms with Crippen molar-refractivity contribution in [3.05, 3.63) is 0 Å². The molecule has 0 unspecified atom stereocenters. The van der Waals surface area contributed by atoms with E-state index in [-0.39, 0.29) is 12.4 Å². The summed E-state index contributed by atoms with van der Waals surface area (Å²) >= 11 is 0. The molecule has 0 rings (SSSR count). The highest BCUT2D eigenvalue weighted by atomic mass is 16.5. The van der Waals surface area contributed by atoms with Gasteiger partial charge in [-0.25, -0.2) is 0 Å². The highest BCUT2D eigenvalue weighted by Gasteiger charge is 2.27. The molecular formula is C9H16O4. The summed E-state index contributed by atoms with van der Waals surface area (Å²) < 4.78 is 4.69. The SMILES string of the molecule is CCOC(=O)CCC(C)(C)C(=O)O. The van der Waals surface area contributed by atoms with E-state index < -0.39 is 11.4 Å². The van der Waals surface area contributed by atoms with Gasteiger partial charge >= 0.3 is 11.9 Å². The Bertz CT molecular complexity index is 196. The fourth-order valence-electron chi connectivity index (χ4n) is 0.755. The molecule has 4 nitrogen and oxygen atoms in total. The summed E-state index contributed by atoms with van der Waals surface area (Å²) in [5.74, 6) is -1.23. The Hall–Kier alpha value is -1.06. The van der Waals surface area contributed by atoms with E-state index in [0.29, 0.717) is 13.0 Å². The smallest absolute Gasteiger partial charge is 0.309 e. The van der Waals surface area contributed by atoms with Crippen LogP contribution in [0.25, 0.3) is 0 Å². The lowest BCUT2D eigenvalue weighted by Gasteiger charge is -2.17. The van der Waals surface area contributed by atoms with Crippen LogP contribution in [-0.2, 0) is 14.3 Å². The van der Waals surface area contributed by atoms with Gasteiger partial charge in [-0.05, 0) is 27.2 Å². The van der Waals surface area contributed by atoms with Crippen LogP contribution in [0.1, 0.15) is 33.6 Å². The third-order valence-electron chi connectivity index (χ3n) is 1.84. The third-order valence-corrected chi connectivity index (χ3v) is 1.84. The minimum absolute atomic E-state index is 0.160. The molecular weight excluding hydrogens is 172 g/mol. The van der Waals surface area contributed by atoms with Crippen molar-refractivity contribution in [1.82, 2.24) is 0 Å². The van der Waals surface area contributed by atoms with Crippen molar-refractivity contribution in [2.24, 2.45) is 5.41 Å². The van der Waals surface area contributed by atoms with Crippen LogP contribution in [0.3, 0.4) is 0 Å².